The molecule has 4 fully saturated rings. The van der Waals surface area contributed by atoms with E-state index in [0.717, 1.165) is 32.1 Å². The molecule has 4 aliphatic carbocycles. The van der Waals surface area contributed by atoms with E-state index in [-0.39, 0.29) is 18.6 Å². The molecule has 4 nitrogen and oxygen atoms in total. The maximum absolute atomic E-state index is 11.1. The van der Waals surface area contributed by atoms with Gasteiger partial charge in [0.05, 0.1) is 12.2 Å². The van der Waals surface area contributed by atoms with Crippen LogP contribution < -0.4 is 0 Å². The summed E-state index contributed by atoms with van der Waals surface area (Å²) in [6, 6.07) is 0. The highest BCUT2D eigenvalue weighted by Crippen LogP contribution is 2.64. The predicted molar refractivity (Wildman–Crippen MR) is 104 cm³/mol. The average molecular weight is 379 g/mol. The number of aliphatic carboxylic acids is 1. The second-order valence-corrected chi connectivity index (χ2v) is 10.7. The van der Waals surface area contributed by atoms with Gasteiger partial charge in [0.15, 0.2) is 0 Å². The molecule has 3 N–H and O–H groups in total. The molecule has 27 heavy (non-hydrogen) atoms. The molecule has 154 valence electrons. The molecule has 4 aliphatic rings. The maximum atomic E-state index is 11.1. The summed E-state index contributed by atoms with van der Waals surface area (Å²) in [7, 11) is 0. The lowest BCUT2D eigenvalue weighted by atomic mass is 9.46. The normalized spacial score (nSPS) is 50.4. The van der Waals surface area contributed by atoms with Gasteiger partial charge in [-0.2, -0.15) is 0 Å². The summed E-state index contributed by atoms with van der Waals surface area (Å²) in [4.78, 5) is 11.0. The molecule has 4 saturated carbocycles. The summed E-state index contributed by atoms with van der Waals surface area (Å²) in [6.07, 6.45) is 9.38. The minimum atomic E-state index is -0.679. The Labute approximate surface area is 163 Å². The van der Waals surface area contributed by atoms with Crippen molar-refractivity contribution in [3.63, 3.8) is 0 Å². The Hall–Kier alpha value is -0.610. The smallest absolute Gasteiger partial charge is 0.303 e. The van der Waals surface area contributed by atoms with E-state index in [1.54, 1.807) is 0 Å². The molecular weight excluding hydrogens is 340 g/mol. The first-order chi connectivity index (χ1) is 12.8. The highest BCUT2D eigenvalue weighted by atomic mass is 16.4. The number of hydrogen-bond acceptors (Lipinski definition) is 3. The van der Waals surface area contributed by atoms with Gasteiger partial charge >= 0.3 is 5.97 Å². The van der Waals surface area contributed by atoms with Crippen molar-refractivity contribution in [1.29, 1.82) is 0 Å². The van der Waals surface area contributed by atoms with E-state index in [1.165, 1.54) is 25.7 Å². The van der Waals surface area contributed by atoms with Gasteiger partial charge in [-0.15, -0.1) is 0 Å². The number of aliphatic hydroxyl groups is 2. The molecule has 0 amide bonds. The second-order valence-electron chi connectivity index (χ2n) is 10.7. The quantitative estimate of drug-likeness (QED) is 0.688. The third kappa shape index (κ3) is 3.35. The first kappa shape index (κ1) is 19.7. The highest BCUT2D eigenvalue weighted by Gasteiger charge is 2.59. The molecule has 0 heterocycles. The van der Waals surface area contributed by atoms with Crippen LogP contribution in [0.5, 0.6) is 0 Å². The van der Waals surface area contributed by atoms with Crippen LogP contribution in [0.25, 0.3) is 0 Å². The maximum Gasteiger partial charge on any atom is 0.303 e. The lowest BCUT2D eigenvalue weighted by molar-refractivity contribution is -0.158. The molecule has 4 rings (SSSR count). The number of hydrogen-bond donors (Lipinski definition) is 3. The number of carboxylic acids is 1. The van der Waals surface area contributed by atoms with Crippen LogP contribution >= 0.6 is 0 Å². The Morgan fingerprint density at radius 2 is 1.81 bits per heavy atom. The number of fused-ring (bicyclic) bond motifs is 5. The summed E-state index contributed by atoms with van der Waals surface area (Å²) in [6.45, 7) is 4.70. The Morgan fingerprint density at radius 3 is 2.56 bits per heavy atom. The summed E-state index contributed by atoms with van der Waals surface area (Å²) < 4.78 is 0. The molecule has 0 saturated heterocycles. The van der Waals surface area contributed by atoms with E-state index in [1.807, 2.05) is 0 Å². The van der Waals surface area contributed by atoms with E-state index in [2.05, 4.69) is 13.8 Å². The van der Waals surface area contributed by atoms with Crippen LogP contribution in [0.3, 0.4) is 0 Å². The first-order valence-electron chi connectivity index (χ1n) is 11.4. The number of carboxylic acid groups (broad SMARTS) is 1. The van der Waals surface area contributed by atoms with Gasteiger partial charge in [-0.1, -0.05) is 13.8 Å². The zero-order valence-corrected chi connectivity index (χ0v) is 17.0. The van der Waals surface area contributed by atoms with Crippen molar-refractivity contribution in [1.82, 2.24) is 0 Å². The standard InChI is InChI=1S/C23H38O4/c1-13(3-8-21(26)27)16-4-5-18-17(16)6-7-19-22(18)20(25)12-14-11-15(24)9-10-23(14,19)2/h13-20,22,24-25H,3-12H2,1-2H3,(H,26,27)/t13-,14+,15-,16-,17-,18+,19-,20-,22-,23+/m1/s1. The predicted octanol–water partition coefficient (Wildman–Crippen LogP) is 4.09. The molecule has 0 radical (unpaired) electrons. The van der Waals surface area contributed by atoms with Gasteiger partial charge in [0.2, 0.25) is 0 Å². The van der Waals surface area contributed by atoms with E-state index in [0.29, 0.717) is 46.8 Å². The number of aliphatic hydroxyl groups excluding tert-OH is 2. The third-order valence-electron chi connectivity index (χ3n) is 9.57. The fraction of sp³-hybridized carbons (Fsp3) is 0.957. The van der Waals surface area contributed by atoms with Gasteiger partial charge in [0.1, 0.15) is 0 Å². The van der Waals surface area contributed by atoms with Gasteiger partial charge in [0.25, 0.3) is 0 Å². The summed E-state index contributed by atoms with van der Waals surface area (Å²) in [5.41, 5.74) is 0.293. The van der Waals surface area contributed by atoms with Crippen LogP contribution in [-0.2, 0) is 4.79 Å². The lowest BCUT2D eigenvalue weighted by Gasteiger charge is -2.60. The fourth-order valence-electron chi connectivity index (χ4n) is 8.19. The van der Waals surface area contributed by atoms with Gasteiger partial charge in [-0.25, -0.2) is 0 Å². The molecule has 0 aromatic carbocycles. The molecule has 0 unspecified atom stereocenters. The number of rotatable bonds is 4. The van der Waals surface area contributed by atoms with Gasteiger partial charge in [-0.3, -0.25) is 4.79 Å². The van der Waals surface area contributed by atoms with E-state index >= 15 is 0 Å². The van der Waals surface area contributed by atoms with Crippen LogP contribution in [0.2, 0.25) is 0 Å². The third-order valence-corrected chi connectivity index (χ3v) is 9.57. The molecule has 0 aromatic rings. The van der Waals surface area contributed by atoms with Crippen LogP contribution in [-0.4, -0.2) is 33.5 Å². The monoisotopic (exact) mass is 378 g/mol. The van der Waals surface area contributed by atoms with Crippen molar-refractivity contribution in [2.75, 3.05) is 0 Å². The molecule has 0 bridgehead atoms. The molecule has 10 atom stereocenters. The van der Waals surface area contributed by atoms with Crippen LogP contribution in [0.15, 0.2) is 0 Å². The van der Waals surface area contributed by atoms with Crippen LogP contribution in [0.1, 0.15) is 78.1 Å². The van der Waals surface area contributed by atoms with Crippen molar-refractivity contribution in [2.24, 2.45) is 46.8 Å². The van der Waals surface area contributed by atoms with Gasteiger partial charge < -0.3 is 15.3 Å². The molecular formula is C23H38O4. The van der Waals surface area contributed by atoms with Crippen molar-refractivity contribution in [2.45, 2.75) is 90.3 Å². The first-order valence-corrected chi connectivity index (χ1v) is 11.4. The largest absolute Gasteiger partial charge is 0.481 e. The summed E-state index contributed by atoms with van der Waals surface area (Å²) >= 11 is 0. The van der Waals surface area contributed by atoms with Crippen LogP contribution in [0, 0.1) is 46.8 Å². The molecule has 4 heteroatoms. The molecule has 0 spiro atoms. The summed E-state index contributed by atoms with van der Waals surface area (Å²) in [5.74, 6) is 3.24. The van der Waals surface area contributed by atoms with Gasteiger partial charge in [0, 0.05) is 6.42 Å². The fourth-order valence-corrected chi connectivity index (χ4v) is 8.19. The van der Waals surface area contributed by atoms with Gasteiger partial charge in [-0.05, 0) is 105 Å². The minimum Gasteiger partial charge on any atom is -0.481 e. The minimum absolute atomic E-state index is 0.172. The zero-order chi connectivity index (χ0) is 19.3. The average Bonchev–Trinajstić information content (AvgIpc) is 3.05. The Kier molecular flexibility index (Phi) is 5.35. The van der Waals surface area contributed by atoms with Crippen molar-refractivity contribution in [3.8, 4) is 0 Å². The molecule has 0 aromatic heterocycles. The van der Waals surface area contributed by atoms with E-state index in [4.69, 9.17) is 5.11 Å². The Bertz CT molecular complexity index is 563. The number of carbonyl (C=O) groups is 1. The SMILES string of the molecule is C[C@H](CCC(=O)O)[C@H]1CC[C@H]2[C@@H]1CC[C@@H]1[C@@H]2[C@H](O)C[C@@H]2C[C@H](O)CC[C@@]21C. The lowest BCUT2D eigenvalue weighted by Crippen LogP contribution is -2.56. The highest BCUT2D eigenvalue weighted by molar-refractivity contribution is 5.66. The Balaban J connectivity index is 1.50. The van der Waals surface area contributed by atoms with Crippen molar-refractivity contribution in [3.05, 3.63) is 0 Å². The topological polar surface area (TPSA) is 77.8 Å². The zero-order valence-electron chi connectivity index (χ0n) is 17.0. The summed E-state index contributed by atoms with van der Waals surface area (Å²) in [5, 5.41) is 30.3. The van der Waals surface area contributed by atoms with E-state index < -0.39 is 5.97 Å². The van der Waals surface area contributed by atoms with E-state index in [9.17, 15) is 15.0 Å². The van der Waals surface area contributed by atoms with Crippen molar-refractivity contribution >= 4 is 5.97 Å². The van der Waals surface area contributed by atoms with Crippen LogP contribution in [0.4, 0.5) is 0 Å². The van der Waals surface area contributed by atoms with Crippen molar-refractivity contribution < 1.29 is 20.1 Å². The second kappa shape index (κ2) is 7.33. The Morgan fingerprint density at radius 1 is 1.07 bits per heavy atom. The molecule has 0 aliphatic heterocycles.